The predicted octanol–water partition coefficient (Wildman–Crippen LogP) is 6.73. The molecule has 1 aliphatic carbocycles. The Morgan fingerprint density at radius 2 is 1.44 bits per heavy atom. The molecule has 0 bridgehead atoms. The zero-order valence-corrected chi connectivity index (χ0v) is 13.3. The summed E-state index contributed by atoms with van der Waals surface area (Å²) in [5.74, 6) is 1.05. The van der Waals surface area contributed by atoms with Gasteiger partial charge in [0.2, 0.25) is 0 Å². The fourth-order valence-electron chi connectivity index (χ4n) is 4.14. The molecule has 108 valence electrons. The zero-order chi connectivity index (χ0) is 13.3. The van der Waals surface area contributed by atoms with Crippen LogP contribution in [-0.4, -0.2) is 0 Å². The summed E-state index contributed by atoms with van der Waals surface area (Å²) < 4.78 is 0. The van der Waals surface area contributed by atoms with Crippen molar-refractivity contribution in [1.82, 2.24) is 0 Å². The molecule has 0 spiro atoms. The molecule has 0 amide bonds. The monoisotopic (exact) mass is 252 g/mol. The topological polar surface area (TPSA) is 0 Å². The van der Waals surface area contributed by atoms with Crippen molar-refractivity contribution in [3.05, 3.63) is 0 Å². The molecule has 0 heterocycles. The van der Waals surface area contributed by atoms with E-state index in [-0.39, 0.29) is 0 Å². The van der Waals surface area contributed by atoms with Crippen molar-refractivity contribution < 1.29 is 0 Å². The third kappa shape index (κ3) is 5.33. The molecule has 0 aromatic carbocycles. The second-order valence-corrected chi connectivity index (χ2v) is 6.75. The van der Waals surface area contributed by atoms with E-state index in [1.807, 2.05) is 0 Å². The van der Waals surface area contributed by atoms with Crippen LogP contribution < -0.4 is 0 Å². The first kappa shape index (κ1) is 16.1. The third-order valence-corrected chi connectivity index (χ3v) is 5.37. The van der Waals surface area contributed by atoms with Gasteiger partial charge in [-0.05, 0) is 30.6 Å². The summed E-state index contributed by atoms with van der Waals surface area (Å²) in [5.41, 5.74) is 0.715. The van der Waals surface area contributed by atoms with Crippen molar-refractivity contribution in [2.24, 2.45) is 11.3 Å². The molecule has 1 rings (SSSR count). The maximum atomic E-state index is 2.43. The van der Waals surface area contributed by atoms with Gasteiger partial charge in [0.1, 0.15) is 0 Å². The lowest BCUT2D eigenvalue weighted by Gasteiger charge is -2.34. The van der Waals surface area contributed by atoms with E-state index in [0.717, 1.165) is 5.92 Å². The Kier molecular flexibility index (Phi) is 8.02. The minimum atomic E-state index is 0.715. The van der Waals surface area contributed by atoms with Crippen molar-refractivity contribution >= 4 is 0 Å². The van der Waals surface area contributed by atoms with E-state index in [4.69, 9.17) is 0 Å². The first-order chi connectivity index (χ1) is 8.76. The van der Waals surface area contributed by atoms with Crippen LogP contribution in [0.2, 0.25) is 0 Å². The van der Waals surface area contributed by atoms with Crippen LogP contribution in [0.25, 0.3) is 0 Å². The van der Waals surface area contributed by atoms with Crippen molar-refractivity contribution in [3.63, 3.8) is 0 Å². The van der Waals surface area contributed by atoms with Gasteiger partial charge in [0, 0.05) is 0 Å². The molecule has 0 unspecified atom stereocenters. The highest BCUT2D eigenvalue weighted by Gasteiger charge is 2.26. The van der Waals surface area contributed by atoms with Gasteiger partial charge in [0.15, 0.2) is 0 Å². The van der Waals surface area contributed by atoms with Crippen LogP contribution >= 0.6 is 0 Å². The van der Waals surface area contributed by atoms with Crippen LogP contribution in [0, 0.1) is 11.3 Å². The van der Waals surface area contributed by atoms with Crippen LogP contribution in [0.15, 0.2) is 0 Å². The molecule has 0 nitrogen and oxygen atoms in total. The highest BCUT2D eigenvalue weighted by molar-refractivity contribution is 4.79. The summed E-state index contributed by atoms with van der Waals surface area (Å²) in [4.78, 5) is 0. The van der Waals surface area contributed by atoms with Gasteiger partial charge in [-0.15, -0.1) is 0 Å². The molecule has 0 N–H and O–H groups in total. The lowest BCUT2D eigenvalue weighted by molar-refractivity contribution is 0.181. The first-order valence-corrected chi connectivity index (χ1v) is 8.76. The Bertz CT molecular complexity index is 182. The normalized spacial score (nSPS) is 31.2. The second kappa shape index (κ2) is 8.99. The average molecular weight is 252 g/mol. The molecule has 1 aliphatic rings. The van der Waals surface area contributed by atoms with Crippen molar-refractivity contribution in [1.29, 1.82) is 0 Å². The second-order valence-electron chi connectivity index (χ2n) is 6.75. The fraction of sp³-hybridized carbons (Fsp3) is 1.00. The SMILES string of the molecule is CCCC1CCCCC(CC)(CCC)CCCC1. The van der Waals surface area contributed by atoms with E-state index < -0.39 is 0 Å². The lowest BCUT2D eigenvalue weighted by Crippen LogP contribution is -2.21. The van der Waals surface area contributed by atoms with Crippen molar-refractivity contribution in [2.45, 2.75) is 104 Å². The Balaban J connectivity index is 2.47. The molecule has 18 heavy (non-hydrogen) atoms. The number of hydrogen-bond donors (Lipinski definition) is 0. The minimum absolute atomic E-state index is 0.715. The Labute approximate surface area is 116 Å². The van der Waals surface area contributed by atoms with E-state index in [1.165, 1.54) is 83.5 Å². The van der Waals surface area contributed by atoms with Crippen molar-refractivity contribution in [3.8, 4) is 0 Å². The molecule has 0 aliphatic heterocycles. The van der Waals surface area contributed by atoms with E-state index in [2.05, 4.69) is 20.8 Å². The molecular weight excluding hydrogens is 216 g/mol. The summed E-state index contributed by atoms with van der Waals surface area (Å²) >= 11 is 0. The third-order valence-electron chi connectivity index (χ3n) is 5.37. The molecule has 1 saturated carbocycles. The van der Waals surface area contributed by atoms with Gasteiger partial charge in [-0.25, -0.2) is 0 Å². The van der Waals surface area contributed by atoms with Crippen LogP contribution in [0.5, 0.6) is 0 Å². The van der Waals surface area contributed by atoms with Crippen LogP contribution in [0.3, 0.4) is 0 Å². The van der Waals surface area contributed by atoms with Gasteiger partial charge in [0.05, 0.1) is 0 Å². The largest absolute Gasteiger partial charge is 0.0654 e. The molecule has 0 atom stereocenters. The Morgan fingerprint density at radius 1 is 0.833 bits per heavy atom. The van der Waals surface area contributed by atoms with Gasteiger partial charge in [-0.3, -0.25) is 0 Å². The minimum Gasteiger partial charge on any atom is -0.0654 e. The van der Waals surface area contributed by atoms with Gasteiger partial charge < -0.3 is 0 Å². The first-order valence-electron chi connectivity index (χ1n) is 8.76. The smallest absolute Gasteiger partial charge is 0.0300 e. The van der Waals surface area contributed by atoms with Gasteiger partial charge in [0.25, 0.3) is 0 Å². The Morgan fingerprint density at radius 3 is 1.89 bits per heavy atom. The fourth-order valence-corrected chi connectivity index (χ4v) is 4.14. The number of rotatable bonds is 5. The van der Waals surface area contributed by atoms with Gasteiger partial charge in [-0.2, -0.15) is 0 Å². The predicted molar refractivity (Wildman–Crippen MR) is 83.0 cm³/mol. The van der Waals surface area contributed by atoms with E-state index in [1.54, 1.807) is 0 Å². The average Bonchev–Trinajstić information content (AvgIpc) is 2.39. The molecule has 0 aromatic rings. The molecule has 1 fully saturated rings. The summed E-state index contributed by atoms with van der Waals surface area (Å²) in [6.45, 7) is 7.15. The van der Waals surface area contributed by atoms with Crippen molar-refractivity contribution in [2.75, 3.05) is 0 Å². The van der Waals surface area contributed by atoms with Gasteiger partial charge >= 0.3 is 0 Å². The lowest BCUT2D eigenvalue weighted by atomic mass is 9.71. The molecule has 0 heteroatoms. The molecule has 0 aromatic heterocycles. The van der Waals surface area contributed by atoms with E-state index in [9.17, 15) is 0 Å². The summed E-state index contributed by atoms with van der Waals surface area (Å²) in [6, 6.07) is 0. The van der Waals surface area contributed by atoms with Crippen LogP contribution in [-0.2, 0) is 0 Å². The van der Waals surface area contributed by atoms with E-state index in [0.29, 0.717) is 5.41 Å². The summed E-state index contributed by atoms with van der Waals surface area (Å²) in [6.07, 6.45) is 19.2. The van der Waals surface area contributed by atoms with Crippen LogP contribution in [0.4, 0.5) is 0 Å². The zero-order valence-electron chi connectivity index (χ0n) is 13.3. The molecule has 0 radical (unpaired) electrons. The van der Waals surface area contributed by atoms with Crippen LogP contribution in [0.1, 0.15) is 104 Å². The highest BCUT2D eigenvalue weighted by Crippen LogP contribution is 2.41. The van der Waals surface area contributed by atoms with E-state index >= 15 is 0 Å². The molecular formula is C18H36. The highest BCUT2D eigenvalue weighted by atomic mass is 14.3. The van der Waals surface area contributed by atoms with Gasteiger partial charge in [-0.1, -0.05) is 85.0 Å². The Hall–Kier alpha value is 0. The number of hydrogen-bond acceptors (Lipinski definition) is 0. The molecule has 0 saturated heterocycles. The summed E-state index contributed by atoms with van der Waals surface area (Å²) in [5, 5.41) is 0. The quantitative estimate of drug-likeness (QED) is 0.508. The standard InChI is InChI=1S/C18H36/c1-4-11-17-12-7-9-15-18(6-3,14-5-2)16-10-8-13-17/h17H,4-16H2,1-3H3. The maximum absolute atomic E-state index is 2.43. The summed E-state index contributed by atoms with van der Waals surface area (Å²) in [7, 11) is 0. The maximum Gasteiger partial charge on any atom is -0.0300 e.